The first-order valence-corrected chi connectivity index (χ1v) is 10.3. The summed E-state index contributed by atoms with van der Waals surface area (Å²) in [6.45, 7) is 0. The van der Waals surface area contributed by atoms with E-state index in [0.29, 0.717) is 16.0 Å². The van der Waals surface area contributed by atoms with Crippen LogP contribution in [-0.2, 0) is 11.2 Å². The smallest absolute Gasteiger partial charge is 0.265 e. The summed E-state index contributed by atoms with van der Waals surface area (Å²) >= 11 is 9.91. The molecule has 2 aliphatic rings. The lowest BCUT2D eigenvalue weighted by molar-refractivity contribution is -0.122. The van der Waals surface area contributed by atoms with Crippen LogP contribution in [-0.4, -0.2) is 23.5 Å². The van der Waals surface area contributed by atoms with Gasteiger partial charge in [-0.15, -0.1) is 23.5 Å². The van der Waals surface area contributed by atoms with Crippen LogP contribution in [0.2, 0.25) is 5.02 Å². The van der Waals surface area contributed by atoms with E-state index >= 15 is 0 Å². The third kappa shape index (κ3) is 3.39. The zero-order chi connectivity index (χ0) is 16.5. The van der Waals surface area contributed by atoms with Crippen LogP contribution in [0.15, 0.2) is 42.5 Å². The predicted molar refractivity (Wildman–Crippen MR) is 102 cm³/mol. The van der Waals surface area contributed by atoms with Crippen LogP contribution in [0.5, 0.6) is 5.75 Å². The fraction of sp³-hybridized carbons (Fsp3) is 0.278. The van der Waals surface area contributed by atoms with E-state index in [1.54, 1.807) is 6.07 Å². The number of benzene rings is 2. The summed E-state index contributed by atoms with van der Waals surface area (Å²) in [6, 6.07) is 13.6. The molecule has 1 N–H and O–H groups in total. The maximum Gasteiger partial charge on any atom is 0.265 e. The Morgan fingerprint density at radius 2 is 2.00 bits per heavy atom. The number of hydrogen-bond acceptors (Lipinski definition) is 4. The molecule has 3 nitrogen and oxygen atoms in total. The van der Waals surface area contributed by atoms with Crippen LogP contribution in [0.4, 0.5) is 5.69 Å². The van der Waals surface area contributed by atoms with Crippen LogP contribution >= 0.6 is 35.1 Å². The molecule has 0 radical (unpaired) electrons. The number of carbonyl (C=O) groups is 1. The Kier molecular flexibility index (Phi) is 4.66. The fourth-order valence-corrected chi connectivity index (χ4v) is 5.93. The zero-order valence-corrected chi connectivity index (χ0v) is 15.2. The Morgan fingerprint density at radius 1 is 1.17 bits per heavy atom. The van der Waals surface area contributed by atoms with Gasteiger partial charge in [0.25, 0.3) is 5.91 Å². The van der Waals surface area contributed by atoms with Crippen molar-refractivity contribution in [3.8, 4) is 5.75 Å². The Balaban J connectivity index is 1.44. The van der Waals surface area contributed by atoms with Crippen molar-refractivity contribution in [1.29, 1.82) is 0 Å². The number of rotatable bonds is 3. The summed E-state index contributed by atoms with van der Waals surface area (Å²) in [7, 11) is 0. The fourth-order valence-electron chi connectivity index (χ4n) is 2.90. The van der Waals surface area contributed by atoms with Crippen LogP contribution in [0, 0.1) is 0 Å². The molecule has 124 valence electrons. The number of ether oxygens (including phenoxy) is 1. The van der Waals surface area contributed by atoms with Crippen LogP contribution < -0.4 is 10.1 Å². The standard InChI is InChI=1S/C18H16ClNO2S2/c19-13-4-5-15-12(8-13)10-16(22-15)17(21)20-14-3-1-2-11(9-14)18-23-6-7-24-18/h1-5,8-9,16,18H,6-7,10H2,(H,20,21)/t16-/m1/s1. The van der Waals surface area contributed by atoms with Gasteiger partial charge in [-0.25, -0.2) is 0 Å². The van der Waals surface area contributed by atoms with Crippen molar-refractivity contribution in [3.63, 3.8) is 0 Å². The van der Waals surface area contributed by atoms with Crippen LogP contribution in [0.1, 0.15) is 15.7 Å². The van der Waals surface area contributed by atoms with Crippen molar-refractivity contribution in [2.24, 2.45) is 0 Å². The lowest BCUT2D eigenvalue weighted by atomic mass is 10.1. The highest BCUT2D eigenvalue weighted by atomic mass is 35.5. The van der Waals surface area contributed by atoms with Crippen molar-refractivity contribution < 1.29 is 9.53 Å². The van der Waals surface area contributed by atoms with Crippen molar-refractivity contribution in [2.45, 2.75) is 17.1 Å². The maximum atomic E-state index is 12.5. The third-order valence-electron chi connectivity index (χ3n) is 4.04. The van der Waals surface area contributed by atoms with Gasteiger partial charge in [0.1, 0.15) is 5.75 Å². The summed E-state index contributed by atoms with van der Waals surface area (Å²) in [5.74, 6) is 2.99. The molecule has 2 aromatic rings. The lowest BCUT2D eigenvalue weighted by Crippen LogP contribution is -2.31. The molecule has 0 aromatic heterocycles. The molecule has 1 fully saturated rings. The minimum absolute atomic E-state index is 0.119. The van der Waals surface area contributed by atoms with E-state index in [9.17, 15) is 4.79 Å². The number of anilines is 1. The second-order valence-corrected chi connectivity index (χ2v) is 8.91. The Hall–Kier alpha value is -1.30. The van der Waals surface area contributed by atoms with Gasteiger partial charge in [0, 0.05) is 28.6 Å². The average Bonchev–Trinajstić information content (AvgIpc) is 3.24. The van der Waals surface area contributed by atoms with Gasteiger partial charge in [-0.05, 0) is 41.5 Å². The Morgan fingerprint density at radius 3 is 2.83 bits per heavy atom. The zero-order valence-electron chi connectivity index (χ0n) is 12.8. The van der Waals surface area contributed by atoms with Gasteiger partial charge in [-0.1, -0.05) is 23.7 Å². The minimum atomic E-state index is -0.502. The summed E-state index contributed by atoms with van der Waals surface area (Å²) in [4.78, 5) is 12.5. The summed E-state index contributed by atoms with van der Waals surface area (Å²) in [6.07, 6.45) is 0.0489. The highest BCUT2D eigenvalue weighted by Gasteiger charge is 2.29. The molecule has 6 heteroatoms. The molecule has 0 bridgehead atoms. The van der Waals surface area contributed by atoms with Gasteiger partial charge in [0.05, 0.1) is 4.58 Å². The summed E-state index contributed by atoms with van der Waals surface area (Å²) in [5.41, 5.74) is 3.06. The van der Waals surface area contributed by atoms with Crippen molar-refractivity contribution in [3.05, 3.63) is 58.6 Å². The third-order valence-corrected chi connectivity index (χ3v) is 7.38. The molecule has 2 heterocycles. The van der Waals surface area contributed by atoms with Gasteiger partial charge in [-0.2, -0.15) is 0 Å². The number of amides is 1. The number of fused-ring (bicyclic) bond motifs is 1. The number of thioether (sulfide) groups is 2. The van der Waals surface area contributed by atoms with E-state index in [4.69, 9.17) is 16.3 Å². The van der Waals surface area contributed by atoms with Gasteiger partial charge < -0.3 is 10.1 Å². The topological polar surface area (TPSA) is 38.3 Å². The second kappa shape index (κ2) is 6.90. The Labute approximate surface area is 154 Å². The van der Waals surface area contributed by atoms with Crippen molar-refractivity contribution >= 4 is 46.7 Å². The van der Waals surface area contributed by atoms with E-state index in [0.717, 1.165) is 17.0 Å². The molecule has 0 saturated carbocycles. The number of halogens is 1. The molecule has 0 aliphatic carbocycles. The van der Waals surface area contributed by atoms with E-state index in [1.807, 2.05) is 47.8 Å². The monoisotopic (exact) mass is 377 g/mol. The molecule has 4 rings (SSSR count). The number of hydrogen-bond donors (Lipinski definition) is 1. The van der Waals surface area contributed by atoms with Gasteiger partial charge in [0.2, 0.25) is 0 Å². The van der Waals surface area contributed by atoms with E-state index in [-0.39, 0.29) is 5.91 Å². The second-order valence-electron chi connectivity index (χ2n) is 5.75. The first-order valence-electron chi connectivity index (χ1n) is 7.78. The highest BCUT2D eigenvalue weighted by molar-refractivity contribution is 8.19. The Bertz CT molecular complexity index is 777. The van der Waals surface area contributed by atoms with Crippen LogP contribution in [0.3, 0.4) is 0 Å². The molecule has 1 amide bonds. The lowest BCUT2D eigenvalue weighted by Gasteiger charge is -2.14. The van der Waals surface area contributed by atoms with Crippen molar-refractivity contribution in [1.82, 2.24) is 0 Å². The predicted octanol–water partition coefficient (Wildman–Crippen LogP) is 4.76. The first-order chi connectivity index (χ1) is 11.7. The first kappa shape index (κ1) is 16.2. The minimum Gasteiger partial charge on any atom is -0.480 e. The van der Waals surface area contributed by atoms with Crippen molar-refractivity contribution in [2.75, 3.05) is 16.8 Å². The van der Waals surface area contributed by atoms with Gasteiger partial charge in [0.15, 0.2) is 6.10 Å². The molecule has 0 spiro atoms. The average molecular weight is 378 g/mol. The van der Waals surface area contributed by atoms with Gasteiger partial charge in [-0.3, -0.25) is 4.79 Å². The molecular formula is C18H16ClNO2S2. The molecule has 0 unspecified atom stereocenters. The summed E-state index contributed by atoms with van der Waals surface area (Å²) < 4.78 is 6.22. The maximum absolute atomic E-state index is 12.5. The SMILES string of the molecule is O=C(Nc1cccc(C2SCCS2)c1)[C@H]1Cc2cc(Cl)ccc2O1. The molecule has 1 saturated heterocycles. The number of carbonyl (C=O) groups excluding carboxylic acids is 1. The van der Waals surface area contributed by atoms with E-state index in [1.165, 1.54) is 17.1 Å². The molecule has 2 aromatic carbocycles. The molecule has 1 atom stereocenters. The van der Waals surface area contributed by atoms with Gasteiger partial charge >= 0.3 is 0 Å². The van der Waals surface area contributed by atoms with Crippen LogP contribution in [0.25, 0.3) is 0 Å². The molecule has 24 heavy (non-hydrogen) atoms. The van der Waals surface area contributed by atoms with E-state index in [2.05, 4.69) is 17.4 Å². The largest absolute Gasteiger partial charge is 0.480 e. The summed E-state index contributed by atoms with van der Waals surface area (Å²) in [5, 5.41) is 3.65. The quantitative estimate of drug-likeness (QED) is 0.836. The highest BCUT2D eigenvalue weighted by Crippen LogP contribution is 2.45. The number of nitrogens with one attached hydrogen (secondary N) is 1. The van der Waals surface area contributed by atoms with E-state index < -0.39 is 6.10 Å². The molecular weight excluding hydrogens is 362 g/mol. The normalized spacial score (nSPS) is 19.8. The molecule has 2 aliphatic heterocycles.